The van der Waals surface area contributed by atoms with Crippen molar-refractivity contribution in [3.63, 3.8) is 0 Å². The monoisotopic (exact) mass is 270 g/mol. The summed E-state index contributed by atoms with van der Waals surface area (Å²) in [5.74, 6) is 0.921. The standard InChI is InChI=1S/C16H18N2O2/c17-9-12-4-5-15-13(8-12)2-1-3-16(15)20-11-14-10-18-6-7-19-14/h1-3,8,14,18H,4-7,10-11H2/t14-/m0/s1. The maximum atomic E-state index is 8.99. The van der Waals surface area contributed by atoms with Gasteiger partial charge in [0, 0.05) is 24.2 Å². The van der Waals surface area contributed by atoms with Gasteiger partial charge >= 0.3 is 0 Å². The number of benzene rings is 1. The molecule has 4 heteroatoms. The van der Waals surface area contributed by atoms with Gasteiger partial charge in [-0.05, 0) is 30.5 Å². The second-order valence-electron chi connectivity index (χ2n) is 5.11. The van der Waals surface area contributed by atoms with E-state index in [1.807, 2.05) is 24.3 Å². The first-order chi connectivity index (χ1) is 9.86. The number of nitrogens with one attached hydrogen (secondary N) is 1. The molecular formula is C16H18N2O2. The molecule has 1 atom stereocenters. The highest BCUT2D eigenvalue weighted by molar-refractivity contribution is 5.65. The number of allylic oxidation sites excluding steroid dienone is 1. The molecule has 3 rings (SSSR count). The fourth-order valence-corrected chi connectivity index (χ4v) is 2.64. The first-order valence-corrected chi connectivity index (χ1v) is 7.04. The number of morpholine rings is 1. The van der Waals surface area contributed by atoms with Crippen LogP contribution in [0.15, 0.2) is 23.8 Å². The van der Waals surface area contributed by atoms with Crippen LogP contribution in [0, 0.1) is 11.3 Å². The van der Waals surface area contributed by atoms with E-state index in [-0.39, 0.29) is 6.10 Å². The number of hydrogen-bond donors (Lipinski definition) is 1. The average molecular weight is 270 g/mol. The number of hydrogen-bond acceptors (Lipinski definition) is 4. The van der Waals surface area contributed by atoms with Crippen LogP contribution in [0.5, 0.6) is 5.75 Å². The third-order valence-electron chi connectivity index (χ3n) is 3.72. The van der Waals surface area contributed by atoms with Gasteiger partial charge in [-0.15, -0.1) is 0 Å². The molecule has 104 valence electrons. The quantitative estimate of drug-likeness (QED) is 0.911. The lowest BCUT2D eigenvalue weighted by atomic mass is 9.92. The van der Waals surface area contributed by atoms with Crippen molar-refractivity contribution in [3.05, 3.63) is 34.9 Å². The highest BCUT2D eigenvalue weighted by atomic mass is 16.5. The number of nitriles is 1. The molecule has 1 aliphatic heterocycles. The summed E-state index contributed by atoms with van der Waals surface area (Å²) in [5.41, 5.74) is 3.15. The molecule has 1 N–H and O–H groups in total. The molecule has 0 aromatic heterocycles. The Morgan fingerprint density at radius 1 is 1.40 bits per heavy atom. The molecule has 2 aliphatic rings. The van der Waals surface area contributed by atoms with E-state index in [0.29, 0.717) is 6.61 Å². The Bertz CT molecular complexity index is 554. The fourth-order valence-electron chi connectivity index (χ4n) is 2.64. The van der Waals surface area contributed by atoms with Gasteiger partial charge < -0.3 is 14.8 Å². The number of ether oxygens (including phenoxy) is 2. The van der Waals surface area contributed by atoms with Gasteiger partial charge in [0.2, 0.25) is 0 Å². The molecule has 0 amide bonds. The second-order valence-corrected chi connectivity index (χ2v) is 5.11. The predicted octanol–water partition coefficient (Wildman–Crippen LogP) is 1.91. The van der Waals surface area contributed by atoms with Crippen molar-refractivity contribution in [2.75, 3.05) is 26.3 Å². The summed E-state index contributed by atoms with van der Waals surface area (Å²) in [7, 11) is 0. The first-order valence-electron chi connectivity index (χ1n) is 7.04. The molecule has 1 saturated heterocycles. The Balaban J connectivity index is 1.71. The van der Waals surface area contributed by atoms with E-state index in [0.717, 1.165) is 49.4 Å². The Hall–Kier alpha value is -1.83. The van der Waals surface area contributed by atoms with E-state index in [1.165, 1.54) is 5.56 Å². The number of nitrogens with zero attached hydrogens (tertiary/aromatic N) is 1. The van der Waals surface area contributed by atoms with Crippen LogP contribution in [-0.4, -0.2) is 32.4 Å². The zero-order chi connectivity index (χ0) is 13.8. The Morgan fingerprint density at radius 2 is 2.35 bits per heavy atom. The predicted molar refractivity (Wildman–Crippen MR) is 76.5 cm³/mol. The Labute approximate surface area is 119 Å². The summed E-state index contributed by atoms with van der Waals surface area (Å²) in [6, 6.07) is 8.26. The topological polar surface area (TPSA) is 54.3 Å². The maximum absolute atomic E-state index is 8.99. The van der Waals surface area contributed by atoms with Crippen LogP contribution in [-0.2, 0) is 11.2 Å². The molecule has 4 nitrogen and oxygen atoms in total. The molecule has 1 aliphatic carbocycles. The van der Waals surface area contributed by atoms with Crippen molar-refractivity contribution in [1.82, 2.24) is 5.32 Å². The normalized spacial score (nSPS) is 21.6. The molecular weight excluding hydrogens is 252 g/mol. The Kier molecular flexibility index (Phi) is 4.00. The van der Waals surface area contributed by atoms with E-state index in [9.17, 15) is 0 Å². The minimum atomic E-state index is 0.119. The third-order valence-corrected chi connectivity index (χ3v) is 3.72. The van der Waals surface area contributed by atoms with Crippen LogP contribution in [0.25, 0.3) is 6.08 Å². The van der Waals surface area contributed by atoms with Gasteiger partial charge in [-0.1, -0.05) is 12.1 Å². The van der Waals surface area contributed by atoms with Gasteiger partial charge in [0.15, 0.2) is 0 Å². The highest BCUT2D eigenvalue weighted by Crippen LogP contribution is 2.31. The summed E-state index contributed by atoms with van der Waals surface area (Å²) in [6.45, 7) is 3.07. The number of rotatable bonds is 3. The molecule has 1 heterocycles. The SMILES string of the molecule is N#CC1=Cc2cccc(OC[C@@H]3CNCCO3)c2CC1. The smallest absolute Gasteiger partial charge is 0.123 e. The molecule has 1 aromatic carbocycles. The van der Waals surface area contributed by atoms with Crippen molar-refractivity contribution >= 4 is 6.08 Å². The van der Waals surface area contributed by atoms with Crippen LogP contribution in [0.4, 0.5) is 0 Å². The molecule has 0 radical (unpaired) electrons. The largest absolute Gasteiger partial charge is 0.491 e. The van der Waals surface area contributed by atoms with Gasteiger partial charge in [0.05, 0.1) is 12.7 Å². The second kappa shape index (κ2) is 6.08. The molecule has 0 saturated carbocycles. The zero-order valence-corrected chi connectivity index (χ0v) is 11.4. The fraction of sp³-hybridized carbons (Fsp3) is 0.438. The van der Waals surface area contributed by atoms with E-state index in [2.05, 4.69) is 11.4 Å². The minimum absolute atomic E-state index is 0.119. The van der Waals surface area contributed by atoms with Gasteiger partial charge in [0.25, 0.3) is 0 Å². The van der Waals surface area contributed by atoms with Crippen molar-refractivity contribution in [1.29, 1.82) is 5.26 Å². The van der Waals surface area contributed by atoms with Gasteiger partial charge in [-0.3, -0.25) is 0 Å². The molecule has 0 spiro atoms. The molecule has 1 aromatic rings. The maximum Gasteiger partial charge on any atom is 0.123 e. The zero-order valence-electron chi connectivity index (χ0n) is 11.4. The first kappa shape index (κ1) is 13.2. The summed E-state index contributed by atoms with van der Waals surface area (Å²) < 4.78 is 11.6. The summed E-state index contributed by atoms with van der Waals surface area (Å²) in [6.07, 6.45) is 3.75. The van der Waals surface area contributed by atoms with Crippen LogP contribution in [0.2, 0.25) is 0 Å². The van der Waals surface area contributed by atoms with Gasteiger partial charge in [-0.25, -0.2) is 0 Å². The molecule has 1 fully saturated rings. The summed E-state index contributed by atoms with van der Waals surface area (Å²) >= 11 is 0. The minimum Gasteiger partial charge on any atom is -0.491 e. The van der Waals surface area contributed by atoms with Crippen molar-refractivity contribution in [3.8, 4) is 11.8 Å². The van der Waals surface area contributed by atoms with Crippen LogP contribution < -0.4 is 10.1 Å². The number of fused-ring (bicyclic) bond motifs is 1. The van der Waals surface area contributed by atoms with Crippen molar-refractivity contribution in [2.45, 2.75) is 18.9 Å². The highest BCUT2D eigenvalue weighted by Gasteiger charge is 2.17. The molecule has 0 bridgehead atoms. The van der Waals surface area contributed by atoms with Crippen molar-refractivity contribution in [2.24, 2.45) is 0 Å². The summed E-state index contributed by atoms with van der Waals surface area (Å²) in [5, 5.41) is 12.3. The molecule has 0 unspecified atom stereocenters. The van der Waals surface area contributed by atoms with Crippen LogP contribution in [0.3, 0.4) is 0 Å². The van der Waals surface area contributed by atoms with Crippen LogP contribution in [0.1, 0.15) is 17.5 Å². The van der Waals surface area contributed by atoms with E-state index >= 15 is 0 Å². The lowest BCUT2D eigenvalue weighted by molar-refractivity contribution is 0.00000571. The van der Waals surface area contributed by atoms with Gasteiger partial charge in [-0.2, -0.15) is 5.26 Å². The van der Waals surface area contributed by atoms with Crippen molar-refractivity contribution < 1.29 is 9.47 Å². The lowest BCUT2D eigenvalue weighted by Gasteiger charge is -2.25. The lowest BCUT2D eigenvalue weighted by Crippen LogP contribution is -2.41. The average Bonchev–Trinajstić information content (AvgIpc) is 2.53. The van der Waals surface area contributed by atoms with E-state index in [1.54, 1.807) is 0 Å². The van der Waals surface area contributed by atoms with Gasteiger partial charge in [0.1, 0.15) is 18.5 Å². The van der Waals surface area contributed by atoms with Crippen LogP contribution >= 0.6 is 0 Å². The van der Waals surface area contributed by atoms with E-state index in [4.69, 9.17) is 14.7 Å². The summed E-state index contributed by atoms with van der Waals surface area (Å²) in [4.78, 5) is 0. The Morgan fingerprint density at radius 3 is 3.15 bits per heavy atom. The van der Waals surface area contributed by atoms with E-state index < -0.39 is 0 Å². The molecule has 20 heavy (non-hydrogen) atoms. The third kappa shape index (κ3) is 2.84.